The van der Waals surface area contributed by atoms with Crippen LogP contribution in [0.1, 0.15) is 44.1 Å². The lowest BCUT2D eigenvalue weighted by Gasteiger charge is -2.21. The van der Waals surface area contributed by atoms with Crippen LogP contribution in [0.2, 0.25) is 0 Å². The highest BCUT2D eigenvalue weighted by Crippen LogP contribution is 2.31. The van der Waals surface area contributed by atoms with E-state index >= 15 is 0 Å². The van der Waals surface area contributed by atoms with Gasteiger partial charge in [0.1, 0.15) is 5.75 Å². The topological polar surface area (TPSA) is 55.4 Å². The van der Waals surface area contributed by atoms with E-state index in [1.54, 1.807) is 6.08 Å². The Morgan fingerprint density at radius 1 is 1.25 bits per heavy atom. The first-order chi connectivity index (χ1) is 11.6. The zero-order chi connectivity index (χ0) is 16.9. The number of carbonyl (C=O) groups is 2. The maximum Gasteiger partial charge on any atom is 0.290 e. The molecule has 1 aliphatic carbocycles. The monoisotopic (exact) mass is 409 g/mol. The van der Waals surface area contributed by atoms with Crippen molar-refractivity contribution in [2.45, 2.75) is 38.5 Å². The number of rotatable bonds is 5. The maximum atomic E-state index is 11.6. The van der Waals surface area contributed by atoms with Crippen LogP contribution < -0.4 is 10.1 Å². The Labute approximate surface area is 154 Å². The van der Waals surface area contributed by atoms with Crippen LogP contribution in [0.3, 0.4) is 0 Å². The number of halogens is 1. The van der Waals surface area contributed by atoms with Gasteiger partial charge in [-0.05, 0) is 63.8 Å². The molecular formula is C18H20BrNO3S. The summed E-state index contributed by atoms with van der Waals surface area (Å²) in [6.45, 7) is 0.733. The third-order valence-electron chi connectivity index (χ3n) is 4.40. The SMILES string of the molecule is O=C1NC(=O)/C(=C/c2ccc(OCCC3CCCCC3)c(Br)c2)S1. The van der Waals surface area contributed by atoms with Crippen molar-refractivity contribution >= 4 is 44.9 Å². The molecule has 1 aromatic carbocycles. The molecule has 1 N–H and O–H groups in total. The normalized spacial score (nSPS) is 20.5. The molecule has 1 heterocycles. The molecule has 128 valence electrons. The number of amides is 2. The van der Waals surface area contributed by atoms with Crippen LogP contribution >= 0.6 is 27.7 Å². The molecule has 24 heavy (non-hydrogen) atoms. The molecule has 2 fully saturated rings. The van der Waals surface area contributed by atoms with Crippen LogP contribution in [0.25, 0.3) is 6.08 Å². The van der Waals surface area contributed by atoms with Crippen molar-refractivity contribution in [2.75, 3.05) is 6.61 Å². The van der Waals surface area contributed by atoms with Gasteiger partial charge in [0.25, 0.3) is 11.1 Å². The van der Waals surface area contributed by atoms with E-state index in [0.29, 0.717) is 4.91 Å². The second-order valence-corrected chi connectivity index (χ2v) is 8.05. The first-order valence-corrected chi connectivity index (χ1v) is 9.90. The van der Waals surface area contributed by atoms with E-state index in [1.165, 1.54) is 32.1 Å². The number of benzene rings is 1. The summed E-state index contributed by atoms with van der Waals surface area (Å²) in [5, 5.41) is 1.93. The Morgan fingerprint density at radius 2 is 2.04 bits per heavy atom. The zero-order valence-electron chi connectivity index (χ0n) is 13.3. The molecule has 0 bridgehead atoms. The molecule has 2 aliphatic rings. The van der Waals surface area contributed by atoms with Crippen molar-refractivity contribution in [3.05, 3.63) is 33.1 Å². The van der Waals surface area contributed by atoms with E-state index < -0.39 is 0 Å². The number of nitrogens with one attached hydrogen (secondary N) is 1. The third-order valence-corrected chi connectivity index (χ3v) is 5.83. The summed E-state index contributed by atoms with van der Waals surface area (Å²) < 4.78 is 6.75. The number of carbonyl (C=O) groups excluding carboxylic acids is 2. The van der Waals surface area contributed by atoms with Crippen molar-refractivity contribution in [3.8, 4) is 5.75 Å². The molecule has 0 radical (unpaired) electrons. The second-order valence-electron chi connectivity index (χ2n) is 6.18. The van der Waals surface area contributed by atoms with E-state index in [4.69, 9.17) is 4.74 Å². The van der Waals surface area contributed by atoms with E-state index in [9.17, 15) is 9.59 Å². The minimum atomic E-state index is -0.339. The molecule has 4 nitrogen and oxygen atoms in total. The lowest BCUT2D eigenvalue weighted by Crippen LogP contribution is -2.17. The zero-order valence-corrected chi connectivity index (χ0v) is 15.7. The summed E-state index contributed by atoms with van der Waals surface area (Å²) in [5.41, 5.74) is 0.855. The molecule has 0 atom stereocenters. The number of thioether (sulfide) groups is 1. The first-order valence-electron chi connectivity index (χ1n) is 8.29. The van der Waals surface area contributed by atoms with E-state index in [-0.39, 0.29) is 11.1 Å². The minimum Gasteiger partial charge on any atom is -0.492 e. The quantitative estimate of drug-likeness (QED) is 0.685. The van der Waals surface area contributed by atoms with Gasteiger partial charge < -0.3 is 4.74 Å². The Hall–Kier alpha value is -1.27. The Balaban J connectivity index is 1.57. The Morgan fingerprint density at radius 3 is 2.71 bits per heavy atom. The van der Waals surface area contributed by atoms with Crippen LogP contribution in [-0.4, -0.2) is 17.8 Å². The van der Waals surface area contributed by atoms with Crippen molar-refractivity contribution in [2.24, 2.45) is 5.92 Å². The molecule has 1 saturated heterocycles. The van der Waals surface area contributed by atoms with Gasteiger partial charge in [-0.25, -0.2) is 0 Å². The van der Waals surface area contributed by atoms with Crippen LogP contribution in [0.4, 0.5) is 4.79 Å². The highest BCUT2D eigenvalue weighted by Gasteiger charge is 2.25. The number of hydrogen-bond acceptors (Lipinski definition) is 4. The average molecular weight is 410 g/mol. The summed E-state index contributed by atoms with van der Waals surface area (Å²) >= 11 is 4.44. The summed E-state index contributed by atoms with van der Waals surface area (Å²) in [5.74, 6) is 1.28. The van der Waals surface area contributed by atoms with E-state index in [1.807, 2.05) is 18.2 Å². The molecule has 1 aromatic rings. The fraction of sp³-hybridized carbons (Fsp3) is 0.444. The lowest BCUT2D eigenvalue weighted by atomic mass is 9.87. The predicted octanol–water partition coefficient (Wildman–Crippen LogP) is 5.12. The third kappa shape index (κ3) is 4.63. The van der Waals surface area contributed by atoms with Crippen LogP contribution in [0.5, 0.6) is 5.75 Å². The van der Waals surface area contributed by atoms with E-state index in [0.717, 1.165) is 46.5 Å². The largest absolute Gasteiger partial charge is 0.492 e. The van der Waals surface area contributed by atoms with Crippen molar-refractivity contribution in [1.29, 1.82) is 0 Å². The Bertz CT molecular complexity index is 668. The first kappa shape index (κ1) is 17.5. The van der Waals surface area contributed by atoms with Crippen LogP contribution in [0.15, 0.2) is 27.6 Å². The molecule has 0 unspecified atom stereocenters. The van der Waals surface area contributed by atoms with Gasteiger partial charge in [0.15, 0.2) is 0 Å². The maximum absolute atomic E-state index is 11.6. The van der Waals surface area contributed by atoms with Crippen molar-refractivity contribution in [3.63, 3.8) is 0 Å². The summed E-state index contributed by atoms with van der Waals surface area (Å²) in [6, 6.07) is 5.70. The molecule has 0 aromatic heterocycles. The van der Waals surface area contributed by atoms with Crippen molar-refractivity contribution in [1.82, 2.24) is 5.32 Å². The highest BCUT2D eigenvalue weighted by molar-refractivity contribution is 9.10. The number of ether oxygens (including phenoxy) is 1. The molecule has 2 amide bonds. The lowest BCUT2D eigenvalue weighted by molar-refractivity contribution is -0.115. The van der Waals surface area contributed by atoms with Crippen LogP contribution in [-0.2, 0) is 4.79 Å². The van der Waals surface area contributed by atoms with Gasteiger partial charge in [-0.15, -0.1) is 0 Å². The smallest absolute Gasteiger partial charge is 0.290 e. The summed E-state index contributed by atoms with van der Waals surface area (Å²) in [6.07, 6.45) is 9.56. The standard InChI is InChI=1S/C18H20BrNO3S/c19-14-10-13(11-16-17(21)20-18(22)24-16)6-7-15(14)23-9-8-12-4-2-1-3-5-12/h6-7,10-12H,1-5,8-9H2,(H,20,21,22)/b16-11-. The molecule has 3 rings (SSSR count). The summed E-state index contributed by atoms with van der Waals surface area (Å²) in [4.78, 5) is 23.2. The fourth-order valence-electron chi connectivity index (χ4n) is 3.11. The fourth-order valence-corrected chi connectivity index (χ4v) is 4.30. The van der Waals surface area contributed by atoms with Gasteiger partial charge in [0.2, 0.25) is 0 Å². The van der Waals surface area contributed by atoms with Crippen LogP contribution in [0, 0.1) is 5.92 Å². The van der Waals surface area contributed by atoms with Gasteiger partial charge in [0.05, 0.1) is 16.0 Å². The molecule has 6 heteroatoms. The molecule has 0 spiro atoms. The average Bonchev–Trinajstić information content (AvgIpc) is 2.88. The Kier molecular flexibility index (Phi) is 6.00. The molecular weight excluding hydrogens is 390 g/mol. The van der Waals surface area contributed by atoms with Gasteiger partial charge in [0, 0.05) is 0 Å². The number of imide groups is 1. The predicted molar refractivity (Wildman–Crippen MR) is 99.9 cm³/mol. The number of hydrogen-bond donors (Lipinski definition) is 1. The highest BCUT2D eigenvalue weighted by atomic mass is 79.9. The van der Waals surface area contributed by atoms with Crippen molar-refractivity contribution < 1.29 is 14.3 Å². The minimum absolute atomic E-state index is 0.326. The second kappa shape index (κ2) is 8.21. The van der Waals surface area contributed by atoms with Gasteiger partial charge in [-0.3, -0.25) is 14.9 Å². The molecule has 1 saturated carbocycles. The van der Waals surface area contributed by atoms with Gasteiger partial charge in [-0.1, -0.05) is 38.2 Å². The van der Waals surface area contributed by atoms with E-state index in [2.05, 4.69) is 21.2 Å². The molecule has 1 aliphatic heterocycles. The van der Waals surface area contributed by atoms with Gasteiger partial charge in [-0.2, -0.15) is 0 Å². The van der Waals surface area contributed by atoms with Gasteiger partial charge >= 0.3 is 0 Å². The summed E-state index contributed by atoms with van der Waals surface area (Å²) in [7, 11) is 0.